The molecule has 0 bridgehead atoms. The minimum absolute atomic E-state index is 0.0593. The summed E-state index contributed by atoms with van der Waals surface area (Å²) < 4.78 is 51.8. The summed E-state index contributed by atoms with van der Waals surface area (Å²) in [4.78, 5) is 19.7. The monoisotopic (exact) mass is 430 g/mol. The summed E-state index contributed by atoms with van der Waals surface area (Å²) in [5.74, 6) is -0.307. The molecule has 0 atom stereocenters. The molecule has 0 aliphatic carbocycles. The second-order valence-corrected chi connectivity index (χ2v) is 7.07. The zero-order chi connectivity index (χ0) is 21.0. The molecular weight excluding hydrogens is 412 g/mol. The first-order valence-electron chi connectivity index (χ1n) is 8.94. The van der Waals surface area contributed by atoms with Crippen molar-refractivity contribution in [3.63, 3.8) is 0 Å². The second kappa shape index (κ2) is 8.96. The number of halogens is 5. The van der Waals surface area contributed by atoms with Crippen LogP contribution < -0.4 is 10.2 Å². The number of carbonyl (C=O) groups is 1. The number of hydrogen-bond acceptors (Lipinski definition) is 4. The van der Waals surface area contributed by atoms with Crippen LogP contribution in [-0.4, -0.2) is 48.5 Å². The van der Waals surface area contributed by atoms with Crippen LogP contribution in [0.25, 0.3) is 0 Å². The summed E-state index contributed by atoms with van der Waals surface area (Å²) in [5.41, 5.74) is -0.481. The van der Waals surface area contributed by atoms with Gasteiger partial charge in [-0.05, 0) is 12.1 Å². The molecule has 1 amide bonds. The van der Waals surface area contributed by atoms with E-state index in [2.05, 4.69) is 10.3 Å². The lowest BCUT2D eigenvalue weighted by Crippen LogP contribution is -2.49. The van der Waals surface area contributed by atoms with E-state index < -0.39 is 11.7 Å². The van der Waals surface area contributed by atoms with Crippen LogP contribution in [0, 0.1) is 5.82 Å². The minimum atomic E-state index is -4.50. The SMILES string of the molecule is O=C(CN1CCN(c2ncc(C(F)(F)F)cc2Cl)CC1)NCc1ccccc1F. The number of pyridine rings is 1. The average Bonchev–Trinajstić information content (AvgIpc) is 2.67. The Kier molecular flexibility index (Phi) is 6.59. The lowest BCUT2D eigenvalue weighted by atomic mass is 10.2. The molecule has 2 aromatic rings. The van der Waals surface area contributed by atoms with E-state index in [9.17, 15) is 22.4 Å². The first kappa shape index (κ1) is 21.3. The summed E-state index contributed by atoms with van der Waals surface area (Å²) in [7, 11) is 0. The van der Waals surface area contributed by atoms with Gasteiger partial charge in [0.05, 0.1) is 17.1 Å². The molecule has 1 aromatic carbocycles. The minimum Gasteiger partial charge on any atom is -0.353 e. The molecule has 29 heavy (non-hydrogen) atoms. The van der Waals surface area contributed by atoms with Crippen LogP contribution >= 0.6 is 11.6 Å². The van der Waals surface area contributed by atoms with E-state index in [0.29, 0.717) is 37.6 Å². The van der Waals surface area contributed by atoms with Gasteiger partial charge < -0.3 is 10.2 Å². The van der Waals surface area contributed by atoms with E-state index in [-0.39, 0.29) is 29.8 Å². The van der Waals surface area contributed by atoms with Gasteiger partial charge in [-0.15, -0.1) is 0 Å². The van der Waals surface area contributed by atoms with Gasteiger partial charge in [0.25, 0.3) is 0 Å². The Bertz CT molecular complexity index is 870. The lowest BCUT2D eigenvalue weighted by molar-refractivity contribution is -0.137. The first-order chi connectivity index (χ1) is 13.7. The van der Waals surface area contributed by atoms with Crippen molar-refractivity contribution in [1.29, 1.82) is 0 Å². The molecule has 2 heterocycles. The van der Waals surface area contributed by atoms with E-state index in [1.165, 1.54) is 6.07 Å². The summed E-state index contributed by atoms with van der Waals surface area (Å²) in [6.07, 6.45) is -3.73. The number of piperazine rings is 1. The van der Waals surface area contributed by atoms with Crippen molar-refractivity contribution in [2.45, 2.75) is 12.7 Å². The Morgan fingerprint density at radius 1 is 1.17 bits per heavy atom. The molecule has 10 heteroatoms. The number of alkyl halides is 3. The van der Waals surface area contributed by atoms with Crippen molar-refractivity contribution in [2.24, 2.45) is 0 Å². The van der Waals surface area contributed by atoms with Crippen molar-refractivity contribution < 1.29 is 22.4 Å². The van der Waals surface area contributed by atoms with Crippen LogP contribution in [0.1, 0.15) is 11.1 Å². The molecule has 0 spiro atoms. The van der Waals surface area contributed by atoms with E-state index >= 15 is 0 Å². The number of benzene rings is 1. The van der Waals surface area contributed by atoms with E-state index in [4.69, 9.17) is 11.6 Å². The second-order valence-electron chi connectivity index (χ2n) is 6.66. The molecule has 5 nitrogen and oxygen atoms in total. The Labute approximate surface area is 170 Å². The predicted molar refractivity (Wildman–Crippen MR) is 101 cm³/mol. The topological polar surface area (TPSA) is 48.5 Å². The summed E-state index contributed by atoms with van der Waals surface area (Å²) >= 11 is 5.99. The van der Waals surface area contributed by atoms with E-state index in [1.54, 1.807) is 23.1 Å². The van der Waals surface area contributed by atoms with Gasteiger partial charge in [-0.2, -0.15) is 13.2 Å². The zero-order valence-corrected chi connectivity index (χ0v) is 16.1. The molecule has 1 aliphatic rings. The highest BCUT2D eigenvalue weighted by atomic mass is 35.5. The molecule has 1 aromatic heterocycles. The maximum absolute atomic E-state index is 13.6. The highest BCUT2D eigenvalue weighted by Crippen LogP contribution is 2.33. The maximum atomic E-state index is 13.6. The average molecular weight is 431 g/mol. The van der Waals surface area contributed by atoms with E-state index in [0.717, 1.165) is 12.3 Å². The smallest absolute Gasteiger partial charge is 0.353 e. The molecular formula is C19H19ClF4N4O. The fraction of sp³-hybridized carbons (Fsp3) is 0.368. The van der Waals surface area contributed by atoms with Crippen molar-refractivity contribution in [3.05, 3.63) is 58.5 Å². The first-order valence-corrected chi connectivity index (χ1v) is 9.32. The van der Waals surface area contributed by atoms with Gasteiger partial charge in [-0.3, -0.25) is 9.69 Å². The van der Waals surface area contributed by atoms with Gasteiger partial charge in [0.15, 0.2) is 0 Å². The fourth-order valence-corrected chi connectivity index (χ4v) is 3.32. The third kappa shape index (κ3) is 5.57. The van der Waals surface area contributed by atoms with Gasteiger partial charge in [-0.25, -0.2) is 9.37 Å². The van der Waals surface area contributed by atoms with Crippen LogP contribution in [0.15, 0.2) is 36.5 Å². The number of anilines is 1. The number of aromatic nitrogens is 1. The summed E-state index contributed by atoms with van der Waals surface area (Å²) in [6, 6.07) is 7.09. The Morgan fingerprint density at radius 3 is 2.48 bits per heavy atom. The summed E-state index contributed by atoms with van der Waals surface area (Å²) in [5, 5.41) is 2.63. The van der Waals surface area contributed by atoms with Crippen LogP contribution in [0.5, 0.6) is 0 Å². The molecule has 1 fully saturated rings. The van der Waals surface area contributed by atoms with Crippen molar-refractivity contribution in [3.8, 4) is 0 Å². The highest BCUT2D eigenvalue weighted by Gasteiger charge is 2.32. The highest BCUT2D eigenvalue weighted by molar-refractivity contribution is 6.33. The zero-order valence-electron chi connectivity index (χ0n) is 15.3. The molecule has 0 unspecified atom stereocenters. The van der Waals surface area contributed by atoms with Gasteiger partial charge in [0, 0.05) is 44.5 Å². The quantitative estimate of drug-likeness (QED) is 0.739. The fourth-order valence-electron chi connectivity index (χ4n) is 3.03. The van der Waals surface area contributed by atoms with Crippen molar-refractivity contribution in [1.82, 2.24) is 15.2 Å². The van der Waals surface area contributed by atoms with Crippen molar-refractivity contribution >= 4 is 23.3 Å². The molecule has 156 valence electrons. The normalized spacial score (nSPS) is 15.4. The van der Waals surface area contributed by atoms with E-state index in [1.807, 2.05) is 4.90 Å². The molecule has 1 saturated heterocycles. The van der Waals surface area contributed by atoms with Gasteiger partial charge in [0.1, 0.15) is 11.6 Å². The van der Waals surface area contributed by atoms with Gasteiger partial charge >= 0.3 is 6.18 Å². The number of amides is 1. The van der Waals surface area contributed by atoms with Gasteiger partial charge in [0.2, 0.25) is 5.91 Å². The third-order valence-electron chi connectivity index (χ3n) is 4.62. The standard InChI is InChI=1S/C19H19ClF4N4O/c20-15-9-14(19(22,23)24)11-26-18(15)28-7-5-27(6-8-28)12-17(29)25-10-13-3-1-2-4-16(13)21/h1-4,9,11H,5-8,10,12H2,(H,25,29). The van der Waals surface area contributed by atoms with Crippen LogP contribution in [0.2, 0.25) is 5.02 Å². The molecule has 0 saturated carbocycles. The Hall–Kier alpha value is -2.39. The molecule has 1 aliphatic heterocycles. The van der Waals surface area contributed by atoms with Gasteiger partial charge in [-0.1, -0.05) is 29.8 Å². The number of nitrogens with zero attached hydrogens (tertiary/aromatic N) is 3. The largest absolute Gasteiger partial charge is 0.417 e. The molecule has 3 rings (SSSR count). The van der Waals surface area contributed by atoms with Crippen LogP contribution in [0.4, 0.5) is 23.4 Å². The van der Waals surface area contributed by atoms with Crippen LogP contribution in [0.3, 0.4) is 0 Å². The number of hydrogen-bond donors (Lipinski definition) is 1. The predicted octanol–water partition coefficient (Wildman–Crippen LogP) is 3.33. The van der Waals surface area contributed by atoms with Crippen molar-refractivity contribution in [2.75, 3.05) is 37.6 Å². The number of rotatable bonds is 5. The number of nitrogens with one attached hydrogen (secondary N) is 1. The maximum Gasteiger partial charge on any atom is 0.417 e. The lowest BCUT2D eigenvalue weighted by Gasteiger charge is -2.35. The number of carbonyl (C=O) groups excluding carboxylic acids is 1. The third-order valence-corrected chi connectivity index (χ3v) is 4.90. The molecule has 0 radical (unpaired) electrons. The van der Waals surface area contributed by atoms with Crippen LogP contribution in [-0.2, 0) is 17.5 Å². The Balaban J connectivity index is 1.49. The summed E-state index contributed by atoms with van der Waals surface area (Å²) in [6.45, 7) is 2.24. The Morgan fingerprint density at radius 2 is 1.86 bits per heavy atom. The molecule has 1 N–H and O–H groups in total.